The van der Waals surface area contributed by atoms with E-state index in [9.17, 15) is 0 Å². The number of hydrogen-bond donors (Lipinski definition) is 2. The molecule has 0 aromatic heterocycles. The number of aliphatic imine (C=N–C) groups is 1. The molecule has 0 heterocycles. The summed E-state index contributed by atoms with van der Waals surface area (Å²) >= 11 is -0.327. The number of benzene rings is 1. The van der Waals surface area contributed by atoms with Crippen LogP contribution in [0.2, 0.25) is 4.94 Å². The first kappa shape index (κ1) is 10.4. The van der Waals surface area contributed by atoms with Gasteiger partial charge in [-0.15, -0.1) is 0 Å². The van der Waals surface area contributed by atoms with Crippen LogP contribution in [0, 0.1) is 0 Å². The van der Waals surface area contributed by atoms with Crippen molar-refractivity contribution in [2.45, 2.75) is 11.5 Å². The fourth-order valence-corrected chi connectivity index (χ4v) is 2.70. The first-order valence-electron chi connectivity index (χ1n) is 4.04. The van der Waals surface area contributed by atoms with Gasteiger partial charge in [0.2, 0.25) is 0 Å². The van der Waals surface area contributed by atoms with E-state index in [0.717, 1.165) is 0 Å². The van der Waals surface area contributed by atoms with Crippen LogP contribution in [0.3, 0.4) is 0 Å². The van der Waals surface area contributed by atoms with Crippen molar-refractivity contribution in [2.75, 3.05) is 0 Å². The first-order valence-corrected chi connectivity index (χ1v) is 8.32. The van der Waals surface area contributed by atoms with Gasteiger partial charge in [-0.3, -0.25) is 0 Å². The normalized spacial score (nSPS) is 9.62. The van der Waals surface area contributed by atoms with Gasteiger partial charge < -0.3 is 0 Å². The second-order valence-electron chi connectivity index (χ2n) is 2.69. The molecular formula is C9H13N3Sn. The van der Waals surface area contributed by atoms with Gasteiger partial charge in [-0.2, -0.15) is 0 Å². The third-order valence-electron chi connectivity index (χ3n) is 1.66. The molecule has 1 aromatic carbocycles. The fraction of sp³-hybridized carbons (Fsp3) is 0.222. The van der Waals surface area contributed by atoms with Crippen LogP contribution in [0.5, 0.6) is 0 Å². The summed E-state index contributed by atoms with van der Waals surface area (Å²) in [6, 6.07) is 8.48. The Bertz CT molecular complexity index is 305. The Balaban J connectivity index is 2.72. The van der Waals surface area contributed by atoms with Crippen LogP contribution in [0.25, 0.3) is 0 Å². The molecule has 0 bridgehead atoms. The minimum absolute atomic E-state index is 0.155. The van der Waals surface area contributed by atoms with Crippen molar-refractivity contribution >= 4 is 30.7 Å². The summed E-state index contributed by atoms with van der Waals surface area (Å²) in [4.78, 5) is 6.26. The summed E-state index contributed by atoms with van der Waals surface area (Å²) in [5, 5.41) is 0. The van der Waals surface area contributed by atoms with Gasteiger partial charge in [-0.05, 0) is 0 Å². The fourth-order valence-electron chi connectivity index (χ4n) is 1.01. The van der Waals surface area contributed by atoms with Crippen molar-refractivity contribution in [1.82, 2.24) is 0 Å². The number of hydrogen-bond acceptors (Lipinski definition) is 1. The number of guanidine groups is 1. The van der Waals surface area contributed by atoms with Crippen molar-refractivity contribution in [1.29, 1.82) is 0 Å². The molecule has 4 N–H and O–H groups in total. The SMILES string of the molecule is [CH3][Sn][c]1cccc(CN=C(N)N)c1. The molecule has 1 aromatic rings. The van der Waals surface area contributed by atoms with Crippen molar-refractivity contribution in [3.05, 3.63) is 29.8 Å². The average Bonchev–Trinajstić information content (AvgIpc) is 2.15. The Hall–Kier alpha value is -0.711. The zero-order chi connectivity index (χ0) is 9.68. The maximum absolute atomic E-state index is 5.25. The van der Waals surface area contributed by atoms with Gasteiger partial charge >= 0.3 is 88.5 Å². The van der Waals surface area contributed by atoms with E-state index in [4.69, 9.17) is 11.5 Å². The van der Waals surface area contributed by atoms with Gasteiger partial charge in [0.25, 0.3) is 0 Å². The molecule has 1 rings (SSSR count). The van der Waals surface area contributed by atoms with E-state index in [0.29, 0.717) is 6.54 Å². The molecule has 0 aliphatic heterocycles. The van der Waals surface area contributed by atoms with Crippen LogP contribution >= 0.6 is 0 Å². The van der Waals surface area contributed by atoms with Gasteiger partial charge in [-0.25, -0.2) is 0 Å². The molecule has 0 unspecified atom stereocenters. The van der Waals surface area contributed by atoms with E-state index < -0.39 is 0 Å². The van der Waals surface area contributed by atoms with Gasteiger partial charge in [0.1, 0.15) is 0 Å². The zero-order valence-corrected chi connectivity index (χ0v) is 10.5. The summed E-state index contributed by atoms with van der Waals surface area (Å²) in [7, 11) is 0. The molecule has 3 nitrogen and oxygen atoms in total. The Morgan fingerprint density at radius 3 is 2.85 bits per heavy atom. The summed E-state index contributed by atoms with van der Waals surface area (Å²) in [5.41, 5.74) is 11.7. The zero-order valence-electron chi connectivity index (χ0n) is 7.62. The van der Waals surface area contributed by atoms with E-state index in [1.807, 2.05) is 6.07 Å². The summed E-state index contributed by atoms with van der Waals surface area (Å²) in [6.45, 7) is 0.593. The number of nitrogens with two attached hydrogens (primary N) is 2. The van der Waals surface area contributed by atoms with Crippen molar-refractivity contribution in [3.8, 4) is 0 Å². The molecule has 0 atom stereocenters. The predicted octanol–water partition coefficient (Wildman–Crippen LogP) is -0.162. The van der Waals surface area contributed by atoms with Crippen LogP contribution in [-0.4, -0.2) is 27.1 Å². The average molecular weight is 282 g/mol. The Morgan fingerprint density at radius 1 is 1.46 bits per heavy atom. The second kappa shape index (κ2) is 5.11. The Kier molecular flexibility index (Phi) is 4.08. The quantitative estimate of drug-likeness (QED) is 0.459. The van der Waals surface area contributed by atoms with Gasteiger partial charge in [-0.1, -0.05) is 0 Å². The molecule has 0 spiro atoms. The van der Waals surface area contributed by atoms with Crippen LogP contribution < -0.4 is 15.0 Å². The standard InChI is InChI=1S/C8H10N3.CH3.Sn/c9-8(10)11-6-7-4-2-1-3-5-7;;/h1-2,4-5H,6H2,(H4,9,10,11);1H3;. The summed E-state index contributed by atoms with van der Waals surface area (Å²) < 4.78 is 1.48. The maximum atomic E-state index is 5.25. The monoisotopic (exact) mass is 283 g/mol. The van der Waals surface area contributed by atoms with Crippen molar-refractivity contribution in [3.63, 3.8) is 0 Å². The molecule has 0 saturated carbocycles. The number of nitrogens with zero attached hydrogens (tertiary/aromatic N) is 1. The Morgan fingerprint density at radius 2 is 2.23 bits per heavy atom. The van der Waals surface area contributed by atoms with Crippen LogP contribution in [-0.2, 0) is 6.54 Å². The molecule has 0 aliphatic rings. The molecule has 0 fully saturated rings. The van der Waals surface area contributed by atoms with Crippen LogP contribution in [0.4, 0.5) is 0 Å². The third kappa shape index (κ3) is 3.67. The van der Waals surface area contributed by atoms with Crippen LogP contribution in [0.1, 0.15) is 5.56 Å². The molecule has 2 radical (unpaired) electrons. The summed E-state index contributed by atoms with van der Waals surface area (Å²) in [6.07, 6.45) is 0. The van der Waals surface area contributed by atoms with E-state index in [2.05, 4.69) is 28.1 Å². The molecule has 68 valence electrons. The molecule has 4 heteroatoms. The van der Waals surface area contributed by atoms with Crippen molar-refractivity contribution in [2.24, 2.45) is 16.5 Å². The van der Waals surface area contributed by atoms with E-state index in [1.165, 1.54) is 9.14 Å². The Labute approximate surface area is 88.4 Å². The van der Waals surface area contributed by atoms with E-state index in [1.54, 1.807) is 0 Å². The third-order valence-corrected chi connectivity index (χ3v) is 4.20. The minimum atomic E-state index is -0.327. The second-order valence-corrected chi connectivity index (χ2v) is 5.77. The van der Waals surface area contributed by atoms with Gasteiger partial charge in [0.05, 0.1) is 0 Å². The topological polar surface area (TPSA) is 64.4 Å². The molecule has 0 amide bonds. The molecule has 0 aliphatic carbocycles. The van der Waals surface area contributed by atoms with Crippen molar-refractivity contribution < 1.29 is 0 Å². The van der Waals surface area contributed by atoms with Gasteiger partial charge in [0, 0.05) is 0 Å². The first-order chi connectivity index (χ1) is 6.22. The van der Waals surface area contributed by atoms with E-state index in [-0.39, 0.29) is 27.1 Å². The van der Waals surface area contributed by atoms with Crippen LogP contribution in [0.15, 0.2) is 29.3 Å². The summed E-state index contributed by atoms with van der Waals surface area (Å²) in [5.74, 6) is 0.155. The molecular weight excluding hydrogens is 269 g/mol. The van der Waals surface area contributed by atoms with E-state index >= 15 is 0 Å². The van der Waals surface area contributed by atoms with Gasteiger partial charge in [0.15, 0.2) is 0 Å². The molecule has 0 saturated heterocycles. The number of rotatable bonds is 3. The molecule has 13 heavy (non-hydrogen) atoms. The predicted molar refractivity (Wildman–Crippen MR) is 57.2 cm³/mol.